The van der Waals surface area contributed by atoms with Crippen LogP contribution in [0.15, 0.2) is 0 Å². The second-order valence-electron chi connectivity index (χ2n) is 5.74. The van der Waals surface area contributed by atoms with E-state index in [1.807, 2.05) is 0 Å². The lowest BCUT2D eigenvalue weighted by Gasteiger charge is -2.32. The van der Waals surface area contributed by atoms with Crippen molar-refractivity contribution in [3.63, 3.8) is 0 Å². The molecule has 0 spiro atoms. The number of rotatable bonds is 0. The van der Waals surface area contributed by atoms with E-state index in [2.05, 4.69) is 0 Å². The summed E-state index contributed by atoms with van der Waals surface area (Å²) in [6.45, 7) is 0. The maximum absolute atomic E-state index is 11.9. The second kappa shape index (κ2) is 1.21. The molecular formula is C11H12O. The molecule has 6 aliphatic carbocycles. The van der Waals surface area contributed by atoms with Crippen LogP contribution < -0.4 is 0 Å². The molecule has 1 heteroatoms. The third-order valence-electron chi connectivity index (χ3n) is 6.03. The number of carbonyl (C=O) groups excluding carboxylic acids is 1. The summed E-state index contributed by atoms with van der Waals surface area (Å²) >= 11 is 0. The molecule has 62 valence electrons. The number of Topliss-reactive ketones (excluding diaryl/α,β-unsaturated/α-hetero) is 1. The molecule has 6 rings (SSSR count). The summed E-state index contributed by atoms with van der Waals surface area (Å²) in [7, 11) is 0. The van der Waals surface area contributed by atoms with Crippen LogP contribution in [0, 0.1) is 47.3 Å². The largest absolute Gasteiger partial charge is 0.299 e. The number of ketones is 1. The van der Waals surface area contributed by atoms with Crippen molar-refractivity contribution in [1.82, 2.24) is 0 Å². The molecule has 6 bridgehead atoms. The van der Waals surface area contributed by atoms with Gasteiger partial charge in [-0.2, -0.15) is 0 Å². The van der Waals surface area contributed by atoms with Crippen LogP contribution in [0.25, 0.3) is 0 Å². The molecule has 6 aliphatic rings. The molecule has 6 fully saturated rings. The van der Waals surface area contributed by atoms with Crippen LogP contribution in [0.5, 0.6) is 0 Å². The SMILES string of the molecule is O=C1[C@H]2[C@@H]3C[C@@H]4[C@@H]5C[C@H]([C@H]1[C@H]53)[C@@H]42. The summed E-state index contributed by atoms with van der Waals surface area (Å²) in [5.74, 6) is 7.54. The summed E-state index contributed by atoms with van der Waals surface area (Å²) in [6.07, 6.45) is 2.90. The van der Waals surface area contributed by atoms with Gasteiger partial charge in [0.25, 0.3) is 0 Å². The molecule has 0 heterocycles. The van der Waals surface area contributed by atoms with Gasteiger partial charge in [-0.1, -0.05) is 0 Å². The first kappa shape index (κ1) is 5.41. The van der Waals surface area contributed by atoms with Crippen molar-refractivity contribution in [2.75, 3.05) is 0 Å². The first-order valence-electron chi connectivity index (χ1n) is 5.41. The lowest BCUT2D eigenvalue weighted by Crippen LogP contribution is -2.30. The molecule has 0 N–H and O–H groups in total. The summed E-state index contributed by atoms with van der Waals surface area (Å²) in [5, 5.41) is 0. The molecule has 8 atom stereocenters. The Morgan fingerprint density at radius 1 is 0.833 bits per heavy atom. The summed E-state index contributed by atoms with van der Waals surface area (Å²) in [5.41, 5.74) is 0. The highest BCUT2D eigenvalue weighted by Crippen LogP contribution is 2.81. The van der Waals surface area contributed by atoms with Crippen LogP contribution in [0.1, 0.15) is 12.8 Å². The predicted molar refractivity (Wildman–Crippen MR) is 42.2 cm³/mol. The molecule has 0 aromatic heterocycles. The zero-order valence-electron chi connectivity index (χ0n) is 6.94. The van der Waals surface area contributed by atoms with Crippen LogP contribution in [0.3, 0.4) is 0 Å². The number of hydrogen-bond donors (Lipinski definition) is 0. The van der Waals surface area contributed by atoms with E-state index in [4.69, 9.17) is 0 Å². The Balaban J connectivity index is 1.94. The molecule has 0 amide bonds. The topological polar surface area (TPSA) is 17.1 Å². The zero-order chi connectivity index (χ0) is 7.61. The summed E-state index contributed by atoms with van der Waals surface area (Å²) in [4.78, 5) is 11.9. The molecule has 6 saturated carbocycles. The van der Waals surface area contributed by atoms with Crippen LogP contribution in [-0.4, -0.2) is 5.78 Å². The highest BCUT2D eigenvalue weighted by Gasteiger charge is 2.80. The maximum atomic E-state index is 11.9. The highest BCUT2D eigenvalue weighted by molar-refractivity contribution is 5.91. The Kier molecular flexibility index (Phi) is 0.547. The van der Waals surface area contributed by atoms with Crippen molar-refractivity contribution in [3.05, 3.63) is 0 Å². The van der Waals surface area contributed by atoms with Gasteiger partial charge < -0.3 is 0 Å². The van der Waals surface area contributed by atoms with Gasteiger partial charge in [-0.25, -0.2) is 0 Å². The van der Waals surface area contributed by atoms with E-state index in [1.54, 1.807) is 0 Å². The Hall–Kier alpha value is -0.330. The van der Waals surface area contributed by atoms with Gasteiger partial charge in [0.05, 0.1) is 0 Å². The van der Waals surface area contributed by atoms with Crippen LogP contribution in [0.2, 0.25) is 0 Å². The van der Waals surface area contributed by atoms with E-state index < -0.39 is 0 Å². The van der Waals surface area contributed by atoms with Gasteiger partial charge in [-0.05, 0) is 48.3 Å². The van der Waals surface area contributed by atoms with Crippen molar-refractivity contribution in [2.45, 2.75) is 12.8 Å². The van der Waals surface area contributed by atoms with E-state index in [0.717, 1.165) is 35.5 Å². The molecule has 1 nitrogen and oxygen atoms in total. The average molecular weight is 160 g/mol. The fraction of sp³-hybridized carbons (Fsp3) is 0.909. The van der Waals surface area contributed by atoms with Gasteiger partial charge in [0.15, 0.2) is 0 Å². The molecule has 0 aliphatic heterocycles. The minimum atomic E-state index is 0.591. The van der Waals surface area contributed by atoms with Gasteiger partial charge in [0.1, 0.15) is 5.78 Å². The van der Waals surface area contributed by atoms with Crippen molar-refractivity contribution >= 4 is 5.78 Å². The second-order valence-corrected chi connectivity index (χ2v) is 5.74. The van der Waals surface area contributed by atoms with Gasteiger partial charge in [0, 0.05) is 11.8 Å². The minimum Gasteiger partial charge on any atom is -0.299 e. The first-order chi connectivity index (χ1) is 5.88. The van der Waals surface area contributed by atoms with E-state index in [-0.39, 0.29) is 0 Å². The van der Waals surface area contributed by atoms with Gasteiger partial charge >= 0.3 is 0 Å². The predicted octanol–water partition coefficient (Wildman–Crippen LogP) is 1.33. The smallest absolute Gasteiger partial charge is 0.140 e. The Bertz CT molecular complexity index is 291. The van der Waals surface area contributed by atoms with Crippen molar-refractivity contribution in [2.24, 2.45) is 47.3 Å². The molecule has 0 saturated heterocycles. The normalized spacial score (nSPS) is 79.2. The van der Waals surface area contributed by atoms with Gasteiger partial charge in [-0.3, -0.25) is 4.79 Å². The lowest BCUT2D eigenvalue weighted by molar-refractivity contribution is -0.122. The lowest BCUT2D eigenvalue weighted by atomic mass is 9.71. The molecule has 12 heavy (non-hydrogen) atoms. The van der Waals surface area contributed by atoms with Crippen LogP contribution in [-0.2, 0) is 4.79 Å². The fourth-order valence-electron chi connectivity index (χ4n) is 6.24. The molecular weight excluding hydrogens is 148 g/mol. The molecule has 0 unspecified atom stereocenters. The standard InChI is InChI=1S/C11H12O/c12-11-9-5-1-3-4-2-6(7(3)9)10(11)8(4)5/h3-10H,1-2H2/t3-,4+,5-,6+,7-,8-,9+,10+/m1/s1. The monoisotopic (exact) mass is 160 g/mol. The molecule has 0 aromatic rings. The zero-order valence-corrected chi connectivity index (χ0v) is 6.94. The minimum absolute atomic E-state index is 0.591. The van der Waals surface area contributed by atoms with Crippen molar-refractivity contribution < 1.29 is 4.79 Å². The Labute approximate surface area is 71.5 Å². The highest BCUT2D eigenvalue weighted by atomic mass is 16.1. The summed E-state index contributed by atoms with van der Waals surface area (Å²) in [6, 6.07) is 0. The third-order valence-corrected chi connectivity index (χ3v) is 6.03. The van der Waals surface area contributed by atoms with Gasteiger partial charge in [0.2, 0.25) is 0 Å². The van der Waals surface area contributed by atoms with Crippen LogP contribution in [0.4, 0.5) is 0 Å². The molecule has 0 radical (unpaired) electrons. The first-order valence-corrected chi connectivity index (χ1v) is 5.41. The maximum Gasteiger partial charge on any atom is 0.140 e. The molecule has 0 aromatic carbocycles. The average Bonchev–Trinajstić information content (AvgIpc) is 2.68. The fourth-order valence-corrected chi connectivity index (χ4v) is 6.24. The number of hydrogen-bond acceptors (Lipinski definition) is 1. The Morgan fingerprint density at radius 3 is 1.83 bits per heavy atom. The Morgan fingerprint density at radius 2 is 1.33 bits per heavy atom. The van der Waals surface area contributed by atoms with Gasteiger partial charge in [-0.15, -0.1) is 0 Å². The van der Waals surface area contributed by atoms with E-state index in [0.29, 0.717) is 17.6 Å². The summed E-state index contributed by atoms with van der Waals surface area (Å²) < 4.78 is 0. The van der Waals surface area contributed by atoms with Crippen LogP contribution >= 0.6 is 0 Å². The van der Waals surface area contributed by atoms with E-state index in [9.17, 15) is 4.79 Å². The van der Waals surface area contributed by atoms with Crippen molar-refractivity contribution in [3.8, 4) is 0 Å². The third kappa shape index (κ3) is 0.272. The van der Waals surface area contributed by atoms with E-state index >= 15 is 0 Å². The number of carbonyl (C=O) groups is 1. The van der Waals surface area contributed by atoms with E-state index in [1.165, 1.54) is 12.8 Å². The quantitative estimate of drug-likeness (QED) is 0.522. The van der Waals surface area contributed by atoms with Crippen molar-refractivity contribution in [1.29, 1.82) is 0 Å².